The van der Waals surface area contributed by atoms with E-state index in [4.69, 9.17) is 0 Å². The van der Waals surface area contributed by atoms with Crippen LogP contribution in [-0.2, 0) is 0 Å². The average Bonchev–Trinajstić information content (AvgIpc) is 2.52. The van der Waals surface area contributed by atoms with Crippen LogP contribution in [0, 0.1) is 0 Å². The molecule has 0 aliphatic heterocycles. The number of nitrogens with one attached hydrogen (secondary N) is 1. The van der Waals surface area contributed by atoms with Gasteiger partial charge in [-0.1, -0.05) is 19.8 Å². The van der Waals surface area contributed by atoms with E-state index in [1.54, 1.807) is 17.0 Å². The molecule has 1 N–H and O–H groups in total. The second-order valence-electron chi connectivity index (χ2n) is 4.87. The number of carbonyl (C=O) groups is 2. The monoisotopic (exact) mass is 291 g/mol. The molecule has 0 spiro atoms. The zero-order chi connectivity index (χ0) is 15.7. The minimum atomic E-state index is -0.222. The molecule has 0 saturated carbocycles. The lowest BCUT2D eigenvalue weighted by molar-refractivity contribution is 0.0773. The first-order valence-electron chi connectivity index (χ1n) is 7.67. The summed E-state index contributed by atoms with van der Waals surface area (Å²) in [5.41, 5.74) is 0.803. The van der Waals surface area contributed by atoms with Crippen molar-refractivity contribution >= 4 is 11.8 Å². The minimum Gasteiger partial charge on any atom is -0.351 e. The summed E-state index contributed by atoms with van der Waals surface area (Å²) in [6.45, 7) is 7.93. The van der Waals surface area contributed by atoms with Crippen LogP contribution in [0.15, 0.2) is 18.3 Å². The van der Waals surface area contributed by atoms with Gasteiger partial charge in [-0.05, 0) is 32.4 Å². The molecule has 0 saturated heterocycles. The molecule has 0 unspecified atom stereocenters. The summed E-state index contributed by atoms with van der Waals surface area (Å²) in [5, 5.41) is 2.83. The maximum Gasteiger partial charge on any atom is 0.269 e. The zero-order valence-corrected chi connectivity index (χ0v) is 13.2. The molecule has 116 valence electrons. The van der Waals surface area contributed by atoms with Crippen LogP contribution in [0.1, 0.15) is 60.9 Å². The third-order valence-electron chi connectivity index (χ3n) is 3.36. The van der Waals surface area contributed by atoms with Crippen molar-refractivity contribution in [1.82, 2.24) is 15.2 Å². The van der Waals surface area contributed by atoms with E-state index in [0.717, 1.165) is 19.3 Å². The number of pyridine rings is 1. The van der Waals surface area contributed by atoms with Crippen LogP contribution in [0.4, 0.5) is 0 Å². The SMILES string of the molecule is CCCCCNC(=O)c1cc(C(=O)N(CC)CC)ccn1. The zero-order valence-electron chi connectivity index (χ0n) is 13.2. The fraction of sp³-hybridized carbons (Fsp3) is 0.562. The number of amides is 2. The Kier molecular flexibility index (Phi) is 7.43. The van der Waals surface area contributed by atoms with Crippen LogP contribution in [0.25, 0.3) is 0 Å². The predicted octanol–water partition coefficient (Wildman–Crippen LogP) is 2.48. The summed E-state index contributed by atoms with van der Waals surface area (Å²) >= 11 is 0. The molecule has 0 aliphatic rings. The second kappa shape index (κ2) is 9.10. The summed E-state index contributed by atoms with van der Waals surface area (Å²) in [6.07, 6.45) is 4.67. The van der Waals surface area contributed by atoms with E-state index in [2.05, 4.69) is 17.2 Å². The second-order valence-corrected chi connectivity index (χ2v) is 4.87. The Bertz CT molecular complexity index is 470. The highest BCUT2D eigenvalue weighted by molar-refractivity contribution is 5.98. The first kappa shape index (κ1) is 17.1. The Morgan fingerprint density at radius 1 is 1.19 bits per heavy atom. The van der Waals surface area contributed by atoms with Gasteiger partial charge in [0.25, 0.3) is 11.8 Å². The Hall–Kier alpha value is -1.91. The van der Waals surface area contributed by atoms with Crippen molar-refractivity contribution < 1.29 is 9.59 Å². The van der Waals surface area contributed by atoms with E-state index >= 15 is 0 Å². The lowest BCUT2D eigenvalue weighted by Crippen LogP contribution is -2.31. The molecule has 0 aliphatic carbocycles. The first-order valence-corrected chi connectivity index (χ1v) is 7.67. The van der Waals surface area contributed by atoms with Gasteiger partial charge in [0.15, 0.2) is 0 Å². The van der Waals surface area contributed by atoms with Gasteiger partial charge in [0.2, 0.25) is 0 Å². The third kappa shape index (κ3) is 5.17. The largest absolute Gasteiger partial charge is 0.351 e. The molecule has 0 radical (unpaired) electrons. The van der Waals surface area contributed by atoms with Crippen molar-refractivity contribution in [3.05, 3.63) is 29.6 Å². The van der Waals surface area contributed by atoms with Gasteiger partial charge in [-0.15, -0.1) is 0 Å². The van der Waals surface area contributed by atoms with Crippen molar-refractivity contribution in [2.24, 2.45) is 0 Å². The molecule has 1 aromatic rings. The fourth-order valence-corrected chi connectivity index (χ4v) is 2.05. The predicted molar refractivity (Wildman–Crippen MR) is 83.3 cm³/mol. The van der Waals surface area contributed by atoms with E-state index in [1.165, 1.54) is 6.20 Å². The average molecular weight is 291 g/mol. The standard InChI is InChI=1S/C16H25N3O2/c1-4-7-8-10-18-15(20)14-12-13(9-11-17-14)16(21)19(5-2)6-3/h9,11-12H,4-8,10H2,1-3H3,(H,18,20). The highest BCUT2D eigenvalue weighted by atomic mass is 16.2. The maximum atomic E-state index is 12.2. The van der Waals surface area contributed by atoms with E-state index in [1.807, 2.05) is 13.8 Å². The summed E-state index contributed by atoms with van der Waals surface area (Å²) in [6, 6.07) is 3.21. The van der Waals surface area contributed by atoms with Crippen molar-refractivity contribution in [2.75, 3.05) is 19.6 Å². The molecule has 5 nitrogen and oxygen atoms in total. The van der Waals surface area contributed by atoms with Crippen molar-refractivity contribution in [3.8, 4) is 0 Å². The van der Waals surface area contributed by atoms with E-state index in [9.17, 15) is 9.59 Å². The van der Waals surface area contributed by atoms with Crippen molar-refractivity contribution in [3.63, 3.8) is 0 Å². The molecular formula is C16H25N3O2. The number of unbranched alkanes of at least 4 members (excludes halogenated alkanes) is 2. The molecule has 5 heteroatoms. The van der Waals surface area contributed by atoms with Gasteiger partial charge in [0.05, 0.1) is 0 Å². The Labute approximate surface area is 126 Å². The normalized spacial score (nSPS) is 10.2. The first-order chi connectivity index (χ1) is 10.1. The molecule has 1 heterocycles. The van der Waals surface area contributed by atoms with E-state index < -0.39 is 0 Å². The Balaban J connectivity index is 2.71. The molecule has 1 rings (SSSR count). The third-order valence-corrected chi connectivity index (χ3v) is 3.36. The van der Waals surface area contributed by atoms with Gasteiger partial charge in [0, 0.05) is 31.4 Å². The van der Waals surface area contributed by atoms with Crippen molar-refractivity contribution in [2.45, 2.75) is 40.0 Å². The summed E-state index contributed by atoms with van der Waals surface area (Å²) in [5.74, 6) is -0.289. The number of aromatic nitrogens is 1. The van der Waals surface area contributed by atoms with Gasteiger partial charge in [-0.3, -0.25) is 14.6 Å². The molecular weight excluding hydrogens is 266 g/mol. The molecule has 0 bridgehead atoms. The van der Waals surface area contributed by atoms with Crippen LogP contribution in [0.2, 0.25) is 0 Å². The molecule has 1 aromatic heterocycles. The molecule has 0 atom stereocenters. The molecule has 21 heavy (non-hydrogen) atoms. The number of hydrogen-bond acceptors (Lipinski definition) is 3. The molecule has 0 fully saturated rings. The lowest BCUT2D eigenvalue weighted by atomic mass is 10.2. The minimum absolute atomic E-state index is 0.0672. The Morgan fingerprint density at radius 3 is 2.52 bits per heavy atom. The summed E-state index contributed by atoms with van der Waals surface area (Å²) in [7, 11) is 0. The summed E-state index contributed by atoms with van der Waals surface area (Å²) in [4.78, 5) is 30.0. The summed E-state index contributed by atoms with van der Waals surface area (Å²) < 4.78 is 0. The van der Waals surface area contributed by atoms with Crippen LogP contribution in [0.3, 0.4) is 0 Å². The van der Waals surface area contributed by atoms with Crippen LogP contribution in [0.5, 0.6) is 0 Å². The smallest absolute Gasteiger partial charge is 0.269 e. The maximum absolute atomic E-state index is 12.2. The highest BCUT2D eigenvalue weighted by Gasteiger charge is 2.15. The van der Waals surface area contributed by atoms with Gasteiger partial charge >= 0.3 is 0 Å². The molecule has 0 aromatic carbocycles. The lowest BCUT2D eigenvalue weighted by Gasteiger charge is -2.18. The van der Waals surface area contributed by atoms with Crippen LogP contribution >= 0.6 is 0 Å². The number of hydrogen-bond donors (Lipinski definition) is 1. The van der Waals surface area contributed by atoms with Gasteiger partial charge in [-0.2, -0.15) is 0 Å². The van der Waals surface area contributed by atoms with Gasteiger partial charge < -0.3 is 10.2 Å². The molecule has 2 amide bonds. The number of nitrogens with zero attached hydrogens (tertiary/aromatic N) is 2. The van der Waals surface area contributed by atoms with E-state index in [-0.39, 0.29) is 11.8 Å². The Morgan fingerprint density at radius 2 is 1.90 bits per heavy atom. The fourth-order valence-electron chi connectivity index (χ4n) is 2.05. The van der Waals surface area contributed by atoms with Crippen LogP contribution in [-0.4, -0.2) is 41.3 Å². The van der Waals surface area contributed by atoms with Crippen LogP contribution < -0.4 is 5.32 Å². The van der Waals surface area contributed by atoms with Gasteiger partial charge in [-0.25, -0.2) is 0 Å². The van der Waals surface area contributed by atoms with Crippen molar-refractivity contribution in [1.29, 1.82) is 0 Å². The highest BCUT2D eigenvalue weighted by Crippen LogP contribution is 2.06. The quantitative estimate of drug-likeness (QED) is 0.748. The number of rotatable bonds is 8. The van der Waals surface area contributed by atoms with E-state index in [0.29, 0.717) is 30.9 Å². The number of carbonyl (C=O) groups excluding carboxylic acids is 2. The van der Waals surface area contributed by atoms with Gasteiger partial charge in [0.1, 0.15) is 5.69 Å². The topological polar surface area (TPSA) is 62.3 Å².